The van der Waals surface area contributed by atoms with Crippen molar-refractivity contribution in [3.8, 4) is 11.5 Å². The zero-order valence-corrected chi connectivity index (χ0v) is 17.8. The van der Waals surface area contributed by atoms with Crippen molar-refractivity contribution in [3.05, 3.63) is 77.5 Å². The second kappa shape index (κ2) is 7.77. The maximum absolute atomic E-state index is 13.3. The minimum atomic E-state index is -0.377. The van der Waals surface area contributed by atoms with Gasteiger partial charge in [0.15, 0.2) is 0 Å². The SMILES string of the molecule is COc1ccc(C(=O)NC2=C(C)Nc3ncnn3C2c2c[nH]c3ccccc23)c(OC)c1. The lowest BCUT2D eigenvalue weighted by Gasteiger charge is -2.29. The Morgan fingerprint density at radius 1 is 1.16 bits per heavy atom. The van der Waals surface area contributed by atoms with Crippen molar-refractivity contribution in [2.75, 3.05) is 19.5 Å². The standard InChI is InChI=1S/C23H22N6O3/c1-13-20(28-22(30)16-9-8-14(31-2)10-19(16)32-3)21(29-23(27-13)25-12-26-29)17-11-24-18-7-5-4-6-15(17)18/h4-12,21,24H,1-3H3,(H,28,30)(H,25,26,27). The normalized spacial score (nSPS) is 15.3. The molecular formula is C23H22N6O3. The topological polar surface area (TPSA) is 106 Å². The predicted molar refractivity (Wildman–Crippen MR) is 120 cm³/mol. The fourth-order valence-electron chi connectivity index (χ4n) is 4.04. The Morgan fingerprint density at radius 3 is 2.81 bits per heavy atom. The summed E-state index contributed by atoms with van der Waals surface area (Å²) in [5.74, 6) is 1.35. The second-order valence-corrected chi connectivity index (χ2v) is 7.40. The molecule has 1 aliphatic heterocycles. The number of carbonyl (C=O) groups excluding carboxylic acids is 1. The molecule has 1 unspecified atom stereocenters. The largest absolute Gasteiger partial charge is 0.497 e. The van der Waals surface area contributed by atoms with Crippen LogP contribution in [-0.4, -0.2) is 39.9 Å². The number of anilines is 1. The minimum Gasteiger partial charge on any atom is -0.497 e. The van der Waals surface area contributed by atoms with Crippen LogP contribution in [0.1, 0.15) is 28.9 Å². The van der Waals surface area contributed by atoms with E-state index in [4.69, 9.17) is 9.47 Å². The van der Waals surface area contributed by atoms with Gasteiger partial charge in [-0.05, 0) is 25.1 Å². The van der Waals surface area contributed by atoms with Crippen LogP contribution in [0.3, 0.4) is 0 Å². The van der Waals surface area contributed by atoms with Gasteiger partial charge in [0.25, 0.3) is 5.91 Å². The van der Waals surface area contributed by atoms with Crippen molar-refractivity contribution in [2.45, 2.75) is 13.0 Å². The number of aromatic amines is 1. The number of nitrogens with one attached hydrogen (secondary N) is 3. The van der Waals surface area contributed by atoms with Crippen molar-refractivity contribution in [1.29, 1.82) is 0 Å². The summed E-state index contributed by atoms with van der Waals surface area (Å²) in [6, 6.07) is 12.7. The molecule has 0 bridgehead atoms. The lowest BCUT2D eigenvalue weighted by Crippen LogP contribution is -2.35. The van der Waals surface area contributed by atoms with Gasteiger partial charge in [0.2, 0.25) is 5.95 Å². The van der Waals surface area contributed by atoms with Gasteiger partial charge in [0, 0.05) is 34.4 Å². The summed E-state index contributed by atoms with van der Waals surface area (Å²) in [6.07, 6.45) is 3.44. The van der Waals surface area contributed by atoms with Crippen LogP contribution in [0, 0.1) is 0 Å². The third-order valence-corrected chi connectivity index (χ3v) is 5.61. The van der Waals surface area contributed by atoms with E-state index < -0.39 is 0 Å². The number of aromatic nitrogens is 4. The first-order valence-electron chi connectivity index (χ1n) is 10.1. The van der Waals surface area contributed by atoms with E-state index in [1.54, 1.807) is 30.0 Å². The number of H-pyrrole nitrogens is 1. The molecule has 3 heterocycles. The maximum atomic E-state index is 13.3. The van der Waals surface area contributed by atoms with Crippen LogP contribution in [0.2, 0.25) is 0 Å². The summed E-state index contributed by atoms with van der Waals surface area (Å²) in [4.78, 5) is 20.9. The summed E-state index contributed by atoms with van der Waals surface area (Å²) in [5.41, 5.74) is 3.83. The van der Waals surface area contributed by atoms with E-state index in [-0.39, 0.29) is 11.9 Å². The number of hydrogen-bond acceptors (Lipinski definition) is 6. The van der Waals surface area contributed by atoms with Crippen molar-refractivity contribution >= 4 is 22.8 Å². The van der Waals surface area contributed by atoms with E-state index in [1.807, 2.05) is 37.4 Å². The summed E-state index contributed by atoms with van der Waals surface area (Å²) in [6.45, 7) is 1.90. The van der Waals surface area contributed by atoms with E-state index in [0.29, 0.717) is 28.7 Å². The summed E-state index contributed by atoms with van der Waals surface area (Å²) < 4.78 is 12.4. The zero-order valence-electron chi connectivity index (χ0n) is 17.8. The summed E-state index contributed by atoms with van der Waals surface area (Å²) >= 11 is 0. The zero-order chi connectivity index (χ0) is 22.2. The number of nitrogens with zero attached hydrogens (tertiary/aromatic N) is 3. The fraction of sp³-hybridized carbons (Fsp3) is 0.174. The molecule has 3 N–H and O–H groups in total. The number of carbonyl (C=O) groups is 1. The number of amides is 1. The van der Waals surface area contributed by atoms with Gasteiger partial charge in [-0.1, -0.05) is 18.2 Å². The van der Waals surface area contributed by atoms with Crippen LogP contribution in [0.5, 0.6) is 11.5 Å². The van der Waals surface area contributed by atoms with Crippen molar-refractivity contribution in [1.82, 2.24) is 25.1 Å². The van der Waals surface area contributed by atoms with E-state index in [9.17, 15) is 4.79 Å². The van der Waals surface area contributed by atoms with Gasteiger partial charge in [-0.3, -0.25) is 4.79 Å². The average molecular weight is 430 g/mol. The van der Waals surface area contributed by atoms with Crippen LogP contribution >= 0.6 is 0 Å². The maximum Gasteiger partial charge on any atom is 0.259 e. The molecular weight excluding hydrogens is 408 g/mol. The van der Waals surface area contributed by atoms with Gasteiger partial charge < -0.3 is 25.1 Å². The molecule has 162 valence electrons. The van der Waals surface area contributed by atoms with Gasteiger partial charge in [-0.25, -0.2) is 4.68 Å². The van der Waals surface area contributed by atoms with Crippen LogP contribution in [-0.2, 0) is 0 Å². The van der Waals surface area contributed by atoms with Gasteiger partial charge >= 0.3 is 0 Å². The Hall–Kier alpha value is -4.27. The third kappa shape index (κ3) is 3.15. The molecule has 9 heteroatoms. The van der Waals surface area contributed by atoms with E-state index in [1.165, 1.54) is 13.4 Å². The number of para-hydroxylation sites is 1. The molecule has 5 rings (SSSR count). The molecule has 0 spiro atoms. The number of fused-ring (bicyclic) bond motifs is 2. The molecule has 4 aromatic rings. The highest BCUT2D eigenvalue weighted by Crippen LogP contribution is 2.37. The third-order valence-electron chi connectivity index (χ3n) is 5.61. The molecule has 0 fully saturated rings. The van der Waals surface area contributed by atoms with E-state index in [2.05, 4.69) is 25.7 Å². The van der Waals surface area contributed by atoms with Crippen LogP contribution < -0.4 is 20.1 Å². The van der Waals surface area contributed by atoms with Gasteiger partial charge in [0.1, 0.15) is 23.9 Å². The summed E-state index contributed by atoms with van der Waals surface area (Å²) in [5, 5.41) is 11.8. The van der Waals surface area contributed by atoms with Crippen LogP contribution in [0.15, 0.2) is 66.4 Å². The van der Waals surface area contributed by atoms with Gasteiger partial charge in [-0.2, -0.15) is 10.1 Å². The summed E-state index contributed by atoms with van der Waals surface area (Å²) in [7, 11) is 3.09. The Labute approximate surface area is 184 Å². The number of methoxy groups -OCH3 is 2. The fourth-order valence-corrected chi connectivity index (χ4v) is 4.04. The Bertz CT molecular complexity index is 1350. The molecule has 0 radical (unpaired) electrons. The highest BCUT2D eigenvalue weighted by molar-refractivity contribution is 5.98. The van der Waals surface area contributed by atoms with Gasteiger partial charge in [0.05, 0.1) is 25.5 Å². The van der Waals surface area contributed by atoms with Crippen molar-refractivity contribution < 1.29 is 14.3 Å². The molecule has 9 nitrogen and oxygen atoms in total. The lowest BCUT2D eigenvalue weighted by atomic mass is 10.00. The molecule has 1 amide bonds. The second-order valence-electron chi connectivity index (χ2n) is 7.40. The molecule has 32 heavy (non-hydrogen) atoms. The van der Waals surface area contributed by atoms with E-state index in [0.717, 1.165) is 22.2 Å². The first-order chi connectivity index (χ1) is 15.6. The lowest BCUT2D eigenvalue weighted by molar-refractivity contribution is 0.0958. The Morgan fingerprint density at radius 2 is 2.00 bits per heavy atom. The highest BCUT2D eigenvalue weighted by atomic mass is 16.5. The molecule has 1 atom stereocenters. The van der Waals surface area contributed by atoms with Crippen LogP contribution in [0.4, 0.5) is 5.95 Å². The first-order valence-corrected chi connectivity index (χ1v) is 10.1. The van der Waals surface area contributed by atoms with E-state index >= 15 is 0 Å². The average Bonchev–Trinajstić information content (AvgIpc) is 3.46. The molecule has 2 aromatic heterocycles. The van der Waals surface area contributed by atoms with Crippen molar-refractivity contribution in [3.63, 3.8) is 0 Å². The molecule has 0 saturated heterocycles. The number of ether oxygens (including phenoxy) is 2. The quantitative estimate of drug-likeness (QED) is 0.448. The smallest absolute Gasteiger partial charge is 0.259 e. The predicted octanol–water partition coefficient (Wildman–Crippen LogP) is 3.45. The number of rotatable bonds is 5. The number of benzene rings is 2. The number of allylic oxidation sites excluding steroid dienone is 2. The molecule has 2 aromatic carbocycles. The molecule has 1 aliphatic rings. The minimum absolute atomic E-state index is 0.297. The van der Waals surface area contributed by atoms with Crippen LogP contribution in [0.25, 0.3) is 10.9 Å². The first kappa shape index (κ1) is 19.7. The Kier molecular flexibility index (Phi) is 4.78. The van der Waals surface area contributed by atoms with Gasteiger partial charge in [-0.15, -0.1) is 0 Å². The number of hydrogen-bond donors (Lipinski definition) is 3. The molecule has 0 saturated carbocycles. The monoisotopic (exact) mass is 430 g/mol. The Balaban J connectivity index is 1.58. The van der Waals surface area contributed by atoms with Crippen molar-refractivity contribution in [2.24, 2.45) is 0 Å². The molecule has 0 aliphatic carbocycles. The highest BCUT2D eigenvalue weighted by Gasteiger charge is 2.32.